The van der Waals surface area contributed by atoms with E-state index in [0.29, 0.717) is 67.7 Å². The number of esters is 3. The molecule has 0 radical (unpaired) electrons. The van der Waals surface area contributed by atoms with Crippen LogP contribution in [0.3, 0.4) is 0 Å². The van der Waals surface area contributed by atoms with E-state index in [1.54, 1.807) is 48.8 Å². The number of ether oxygens (including phenoxy) is 5. The van der Waals surface area contributed by atoms with Crippen molar-refractivity contribution < 1.29 is 89.8 Å². The molecule has 3 aromatic heterocycles. The van der Waals surface area contributed by atoms with Gasteiger partial charge in [0.25, 0.3) is 0 Å². The van der Waals surface area contributed by atoms with Gasteiger partial charge >= 0.3 is 30.1 Å². The van der Waals surface area contributed by atoms with Gasteiger partial charge in [0.1, 0.15) is 33.1 Å². The fourth-order valence-corrected chi connectivity index (χ4v) is 8.41. The Morgan fingerprint density at radius 1 is 0.557 bits per heavy atom. The summed E-state index contributed by atoms with van der Waals surface area (Å²) in [6.45, 7) is 42.7. The number of amides is 2. The molecule has 446 valence electrons. The molecule has 0 atom stereocenters. The number of nitrogens with zero attached hydrogens (tertiary/aromatic N) is 7. The first-order valence-corrected chi connectivity index (χ1v) is 26.6. The SMILES string of the molecule is C.C.CC(C)(C)OC(=O)N1CCNCC1(C)C.CCOC(=O)c1ccc(C)c(Br)n1.CCOC(=O)c1ccc(C)c(N2CCN(C(=O)OC(C)(C)C)C(C)(C)C2)n1.CCOC(=O)c1ccc(C)c(N2CCNC(C)(C)C2)n1.[W].[W]. The number of carbonyl (C=O) groups is 5. The summed E-state index contributed by atoms with van der Waals surface area (Å²) in [6, 6.07) is 10.7. The van der Waals surface area contributed by atoms with Gasteiger partial charge < -0.3 is 49.0 Å². The Labute approximate surface area is 510 Å². The zero-order valence-corrected chi connectivity index (χ0v) is 56.3. The molecule has 19 nitrogen and oxygen atoms in total. The summed E-state index contributed by atoms with van der Waals surface area (Å²) >= 11 is 3.25. The van der Waals surface area contributed by atoms with Gasteiger partial charge in [0.05, 0.1) is 30.9 Å². The van der Waals surface area contributed by atoms with E-state index in [4.69, 9.17) is 23.7 Å². The summed E-state index contributed by atoms with van der Waals surface area (Å²) in [5.74, 6) is 0.458. The standard InChI is InChI=1S/C20H31N3O4.C15H23N3O2.C11H22N2O2.C9H10BrNO2.2CH4.2W/c1-8-26-17(24)15-10-9-14(2)16(21-15)22-11-12-23(20(6,7)13-22)18(25)27-19(3,4)5;1-5-20-14(19)12-7-6-11(2)13(17-12)18-9-8-16-15(3,4)10-18;1-10(2,3)15-9(14)13-7-6-12-8-11(13,4)5;1-3-13-9(12)7-5-4-6(2)8(10)11-7;;;;/h9-10H,8,11-13H2,1-7H3;6-7,16H,5,8-10H2,1-4H3;12H,6-8H2,1-5H3;4-5H,3H2,1-2H3;2*1H4;;. The average Bonchev–Trinajstić information content (AvgIpc) is 3.29. The minimum absolute atomic E-state index is 0. The molecule has 2 N–H and O–H groups in total. The number of pyridine rings is 3. The molecular weight excluding hydrogens is 1420 g/mol. The molecule has 22 heteroatoms. The smallest absolute Gasteiger partial charge is 0.410 e. The normalized spacial score (nSPS) is 15.9. The predicted molar refractivity (Wildman–Crippen MR) is 309 cm³/mol. The Morgan fingerprint density at radius 2 is 0.949 bits per heavy atom. The first-order valence-electron chi connectivity index (χ1n) is 25.8. The van der Waals surface area contributed by atoms with E-state index in [1.807, 2.05) is 108 Å². The molecule has 0 unspecified atom stereocenters. The average molecular weight is 1510 g/mol. The van der Waals surface area contributed by atoms with Gasteiger partial charge in [-0.3, -0.25) is 4.90 Å². The second-order valence-corrected chi connectivity index (χ2v) is 23.1. The van der Waals surface area contributed by atoms with E-state index in [-0.39, 0.29) is 92.2 Å². The van der Waals surface area contributed by atoms with E-state index in [2.05, 4.69) is 65.2 Å². The third-order valence-corrected chi connectivity index (χ3v) is 12.5. The van der Waals surface area contributed by atoms with Crippen molar-refractivity contribution in [2.45, 2.75) is 167 Å². The molecule has 6 heterocycles. The Hall–Kier alpha value is -4.22. The summed E-state index contributed by atoms with van der Waals surface area (Å²) in [4.78, 5) is 80.5. The largest absolute Gasteiger partial charge is 0.461 e. The molecule has 3 aliphatic heterocycles. The molecule has 0 aromatic carbocycles. The molecule has 2 amide bonds. The van der Waals surface area contributed by atoms with Crippen LogP contribution in [-0.2, 0) is 65.8 Å². The van der Waals surface area contributed by atoms with Crippen LogP contribution in [0.15, 0.2) is 41.0 Å². The maximum Gasteiger partial charge on any atom is 0.410 e. The van der Waals surface area contributed by atoms with E-state index in [1.165, 1.54) is 0 Å². The third-order valence-electron chi connectivity index (χ3n) is 11.7. The van der Waals surface area contributed by atoms with Crippen molar-refractivity contribution in [2.24, 2.45) is 0 Å². The molecule has 3 aliphatic rings. The molecule has 0 bridgehead atoms. The van der Waals surface area contributed by atoms with Crippen LogP contribution in [-0.4, -0.2) is 161 Å². The van der Waals surface area contributed by atoms with Gasteiger partial charge in [-0.1, -0.05) is 33.1 Å². The van der Waals surface area contributed by atoms with Crippen molar-refractivity contribution >= 4 is 57.7 Å². The Bertz CT molecular complexity index is 2430. The number of piperazine rings is 3. The van der Waals surface area contributed by atoms with Crippen molar-refractivity contribution in [3.8, 4) is 0 Å². The fraction of sp³-hybridized carbons (Fsp3) is 0.649. The number of halogens is 1. The summed E-state index contributed by atoms with van der Waals surface area (Å²) in [5.41, 5.74) is 2.55. The molecular formula is C57H94BrN9O10W2. The fourth-order valence-electron chi connectivity index (χ4n) is 8.09. The molecule has 0 spiro atoms. The third kappa shape index (κ3) is 24.8. The number of hydrogen-bond acceptors (Lipinski definition) is 17. The minimum Gasteiger partial charge on any atom is -0.461 e. The summed E-state index contributed by atoms with van der Waals surface area (Å²) in [7, 11) is 0. The first-order chi connectivity index (χ1) is 34.7. The maximum atomic E-state index is 12.6. The number of nitrogens with one attached hydrogen (secondary N) is 2. The molecule has 0 saturated carbocycles. The van der Waals surface area contributed by atoms with Gasteiger partial charge in [-0.15, -0.1) is 0 Å². The van der Waals surface area contributed by atoms with Gasteiger partial charge in [-0.2, -0.15) is 0 Å². The van der Waals surface area contributed by atoms with E-state index >= 15 is 0 Å². The van der Waals surface area contributed by atoms with Crippen molar-refractivity contribution in [1.82, 2.24) is 35.4 Å². The first kappa shape index (κ1) is 76.8. The van der Waals surface area contributed by atoms with Crippen molar-refractivity contribution in [3.63, 3.8) is 0 Å². The molecule has 79 heavy (non-hydrogen) atoms. The van der Waals surface area contributed by atoms with Gasteiger partial charge in [0.15, 0.2) is 11.4 Å². The van der Waals surface area contributed by atoms with E-state index < -0.39 is 22.7 Å². The number of rotatable bonds is 8. The van der Waals surface area contributed by atoms with E-state index in [0.717, 1.165) is 61.0 Å². The van der Waals surface area contributed by atoms with Crippen LogP contribution >= 0.6 is 15.9 Å². The molecule has 6 rings (SSSR count). The number of hydrogen-bond donors (Lipinski definition) is 2. The second kappa shape index (κ2) is 33.6. The van der Waals surface area contributed by atoms with Gasteiger partial charge in [-0.25, -0.2) is 38.9 Å². The van der Waals surface area contributed by atoms with Gasteiger partial charge in [-0.05, 0) is 175 Å². The zero-order chi connectivity index (χ0) is 56.7. The van der Waals surface area contributed by atoms with Crippen molar-refractivity contribution in [2.75, 3.05) is 88.5 Å². The second-order valence-electron chi connectivity index (χ2n) is 22.4. The van der Waals surface area contributed by atoms with Crippen LogP contribution in [0.25, 0.3) is 0 Å². The predicted octanol–water partition coefficient (Wildman–Crippen LogP) is 10.4. The Morgan fingerprint density at radius 3 is 1.32 bits per heavy atom. The quantitative estimate of drug-likeness (QED) is 0.122. The number of aromatic nitrogens is 3. The van der Waals surface area contributed by atoms with Gasteiger partial charge in [0, 0.05) is 107 Å². The van der Waals surface area contributed by atoms with Crippen LogP contribution in [0, 0.1) is 20.8 Å². The van der Waals surface area contributed by atoms with Crippen LogP contribution < -0.4 is 20.4 Å². The number of carbonyl (C=O) groups excluding carboxylic acids is 5. The summed E-state index contributed by atoms with van der Waals surface area (Å²) in [5, 5.41) is 6.75. The molecule has 3 aromatic rings. The monoisotopic (exact) mass is 1510 g/mol. The van der Waals surface area contributed by atoms with Crippen LogP contribution in [0.5, 0.6) is 0 Å². The van der Waals surface area contributed by atoms with Crippen molar-refractivity contribution in [3.05, 3.63) is 74.8 Å². The minimum atomic E-state index is -0.531. The van der Waals surface area contributed by atoms with E-state index in [9.17, 15) is 24.0 Å². The maximum absolute atomic E-state index is 12.6. The van der Waals surface area contributed by atoms with Gasteiger partial charge in [0.2, 0.25) is 0 Å². The Kier molecular flexibility index (Phi) is 32.7. The number of anilines is 2. The van der Waals surface area contributed by atoms with Crippen LogP contribution in [0.2, 0.25) is 0 Å². The molecule has 3 fully saturated rings. The summed E-state index contributed by atoms with van der Waals surface area (Å²) in [6.07, 6.45) is -0.522. The Balaban J connectivity index is 0. The zero-order valence-electron chi connectivity index (χ0n) is 48.9. The number of aryl methyl sites for hydroxylation is 3. The summed E-state index contributed by atoms with van der Waals surface area (Å²) < 4.78 is 26.5. The van der Waals surface area contributed by atoms with Crippen molar-refractivity contribution in [1.29, 1.82) is 0 Å². The topological polar surface area (TPSA) is 207 Å². The molecule has 0 aliphatic carbocycles. The van der Waals surface area contributed by atoms with Crippen LogP contribution in [0.4, 0.5) is 21.2 Å². The van der Waals surface area contributed by atoms with Crippen LogP contribution in [0.1, 0.15) is 167 Å². The molecule has 3 saturated heterocycles.